The summed E-state index contributed by atoms with van der Waals surface area (Å²) < 4.78 is 7.54. The molecule has 4 rings (SSSR count). The molecule has 0 amide bonds. The van der Waals surface area contributed by atoms with E-state index in [2.05, 4.69) is 30.8 Å². The first kappa shape index (κ1) is 15.7. The van der Waals surface area contributed by atoms with Crippen LogP contribution in [0.1, 0.15) is 55.2 Å². The smallest absolute Gasteiger partial charge is 0.315 e. The molecule has 0 spiro atoms. The molecule has 1 aliphatic rings. The number of aromatic nitrogens is 6. The third kappa shape index (κ3) is 4.01. The molecule has 1 saturated carbocycles. The molecule has 1 fully saturated rings. The highest BCUT2D eigenvalue weighted by Gasteiger charge is 2.21. The van der Waals surface area contributed by atoms with Crippen LogP contribution in [0.4, 0.5) is 6.01 Å². The van der Waals surface area contributed by atoms with Crippen molar-refractivity contribution in [3.8, 4) is 0 Å². The van der Waals surface area contributed by atoms with E-state index in [9.17, 15) is 0 Å². The van der Waals surface area contributed by atoms with Crippen molar-refractivity contribution in [2.75, 3.05) is 5.32 Å². The largest absolute Gasteiger partial charge is 0.408 e. The third-order valence-corrected chi connectivity index (χ3v) is 4.47. The fraction of sp³-hybridized carbons (Fsp3) is 0.471. The van der Waals surface area contributed by atoms with Crippen molar-refractivity contribution in [2.45, 2.75) is 51.1 Å². The number of rotatable bonds is 6. The van der Waals surface area contributed by atoms with Gasteiger partial charge in [0.05, 0.1) is 19.3 Å². The Morgan fingerprint density at radius 3 is 2.92 bits per heavy atom. The lowest BCUT2D eigenvalue weighted by atomic mass is 9.89. The second-order valence-electron chi connectivity index (χ2n) is 6.40. The van der Waals surface area contributed by atoms with E-state index in [4.69, 9.17) is 4.42 Å². The molecule has 0 aromatic carbocycles. The van der Waals surface area contributed by atoms with Crippen LogP contribution in [-0.2, 0) is 13.1 Å². The lowest BCUT2D eigenvalue weighted by Crippen LogP contribution is -2.04. The molecule has 0 saturated heterocycles. The van der Waals surface area contributed by atoms with Gasteiger partial charge >= 0.3 is 6.01 Å². The Labute approximate surface area is 145 Å². The highest BCUT2D eigenvalue weighted by Crippen LogP contribution is 2.32. The van der Waals surface area contributed by atoms with Crippen molar-refractivity contribution in [1.29, 1.82) is 0 Å². The molecule has 0 atom stereocenters. The molecule has 130 valence electrons. The van der Waals surface area contributed by atoms with E-state index in [1.807, 2.05) is 24.5 Å². The summed E-state index contributed by atoms with van der Waals surface area (Å²) in [6.45, 7) is 1.15. The van der Waals surface area contributed by atoms with Crippen LogP contribution in [0, 0.1) is 0 Å². The minimum absolute atomic E-state index is 0.414. The number of pyridine rings is 1. The number of anilines is 1. The Kier molecular flexibility index (Phi) is 4.67. The highest BCUT2D eigenvalue weighted by molar-refractivity contribution is 5.19. The first-order valence-corrected chi connectivity index (χ1v) is 8.72. The van der Waals surface area contributed by atoms with E-state index >= 15 is 0 Å². The van der Waals surface area contributed by atoms with Crippen LogP contribution in [0.3, 0.4) is 0 Å². The minimum atomic E-state index is 0.414. The summed E-state index contributed by atoms with van der Waals surface area (Å²) in [6.07, 6.45) is 11.6. The Balaban J connectivity index is 1.32. The van der Waals surface area contributed by atoms with Crippen molar-refractivity contribution in [1.82, 2.24) is 30.2 Å². The molecule has 3 heterocycles. The molecular formula is C17H21N7O. The number of nitrogens with zero attached hydrogens (tertiary/aromatic N) is 6. The van der Waals surface area contributed by atoms with Gasteiger partial charge in [0.25, 0.3) is 0 Å². The summed E-state index contributed by atoms with van der Waals surface area (Å²) in [4.78, 5) is 4.10. The van der Waals surface area contributed by atoms with Gasteiger partial charge in [-0.1, -0.05) is 35.6 Å². The second kappa shape index (κ2) is 7.42. The van der Waals surface area contributed by atoms with Crippen LogP contribution in [0.2, 0.25) is 0 Å². The van der Waals surface area contributed by atoms with Crippen LogP contribution in [0.25, 0.3) is 0 Å². The molecule has 3 aromatic heterocycles. The van der Waals surface area contributed by atoms with E-state index in [-0.39, 0.29) is 0 Å². The van der Waals surface area contributed by atoms with Gasteiger partial charge in [0.1, 0.15) is 5.69 Å². The van der Waals surface area contributed by atoms with Gasteiger partial charge in [-0.25, -0.2) is 4.68 Å². The Hall–Kier alpha value is -2.77. The van der Waals surface area contributed by atoms with Gasteiger partial charge in [-0.15, -0.1) is 10.2 Å². The maximum Gasteiger partial charge on any atom is 0.315 e. The predicted molar refractivity (Wildman–Crippen MR) is 90.8 cm³/mol. The molecular weight excluding hydrogens is 318 g/mol. The van der Waals surface area contributed by atoms with Crippen molar-refractivity contribution in [2.24, 2.45) is 0 Å². The molecule has 1 aliphatic carbocycles. The highest BCUT2D eigenvalue weighted by atomic mass is 16.4. The van der Waals surface area contributed by atoms with E-state index in [1.54, 1.807) is 10.9 Å². The average molecular weight is 339 g/mol. The summed E-state index contributed by atoms with van der Waals surface area (Å²) in [5.41, 5.74) is 1.90. The van der Waals surface area contributed by atoms with Crippen molar-refractivity contribution < 1.29 is 4.42 Å². The molecule has 25 heavy (non-hydrogen) atoms. The Morgan fingerprint density at radius 2 is 2.08 bits per heavy atom. The summed E-state index contributed by atoms with van der Waals surface area (Å²) in [5.74, 6) is 1.17. The van der Waals surface area contributed by atoms with E-state index in [0.29, 0.717) is 25.0 Å². The zero-order valence-corrected chi connectivity index (χ0v) is 14.0. The van der Waals surface area contributed by atoms with Crippen LogP contribution in [-0.4, -0.2) is 30.2 Å². The quantitative estimate of drug-likeness (QED) is 0.738. The van der Waals surface area contributed by atoms with Crippen LogP contribution >= 0.6 is 0 Å². The predicted octanol–water partition coefficient (Wildman–Crippen LogP) is 2.76. The van der Waals surface area contributed by atoms with E-state index < -0.39 is 0 Å². The molecule has 8 nitrogen and oxygen atoms in total. The van der Waals surface area contributed by atoms with Crippen LogP contribution in [0.15, 0.2) is 35.1 Å². The van der Waals surface area contributed by atoms with Gasteiger partial charge in [-0.2, -0.15) is 0 Å². The van der Waals surface area contributed by atoms with Gasteiger partial charge in [-0.3, -0.25) is 4.98 Å². The van der Waals surface area contributed by atoms with Gasteiger partial charge in [0.2, 0.25) is 5.89 Å². The van der Waals surface area contributed by atoms with Gasteiger partial charge in [0.15, 0.2) is 0 Å². The maximum absolute atomic E-state index is 5.75. The van der Waals surface area contributed by atoms with Gasteiger partial charge in [0, 0.05) is 18.3 Å². The Morgan fingerprint density at radius 1 is 1.16 bits per heavy atom. The fourth-order valence-electron chi connectivity index (χ4n) is 3.16. The first-order chi connectivity index (χ1) is 12.4. The lowest BCUT2D eigenvalue weighted by molar-refractivity contribution is 0.367. The average Bonchev–Trinajstić information content (AvgIpc) is 3.31. The summed E-state index contributed by atoms with van der Waals surface area (Å²) in [7, 11) is 0. The zero-order valence-electron chi connectivity index (χ0n) is 14.0. The van der Waals surface area contributed by atoms with Crippen LogP contribution in [0.5, 0.6) is 0 Å². The fourth-order valence-corrected chi connectivity index (χ4v) is 3.16. The number of hydrogen-bond donors (Lipinski definition) is 1. The normalized spacial score (nSPS) is 15.4. The molecule has 0 bridgehead atoms. The van der Waals surface area contributed by atoms with Crippen LogP contribution < -0.4 is 5.32 Å². The van der Waals surface area contributed by atoms with E-state index in [1.165, 1.54) is 19.3 Å². The molecule has 0 radical (unpaired) electrons. The summed E-state index contributed by atoms with van der Waals surface area (Å²) in [6, 6.07) is 4.37. The zero-order chi connectivity index (χ0) is 16.9. The molecule has 3 aromatic rings. The van der Waals surface area contributed by atoms with Crippen molar-refractivity contribution >= 4 is 6.01 Å². The maximum atomic E-state index is 5.75. The Bertz CT molecular complexity index is 792. The van der Waals surface area contributed by atoms with Gasteiger partial charge in [-0.05, 0) is 24.5 Å². The SMILES string of the molecule is c1cncc(Cn2cc(CNc3nnc(C4CCCCC4)o3)nn2)c1. The molecule has 1 N–H and O–H groups in total. The number of hydrogen-bond acceptors (Lipinski definition) is 7. The van der Waals surface area contributed by atoms with Crippen molar-refractivity contribution in [3.63, 3.8) is 0 Å². The topological polar surface area (TPSA) is 94.6 Å². The summed E-state index contributed by atoms with van der Waals surface area (Å²) >= 11 is 0. The summed E-state index contributed by atoms with van der Waals surface area (Å²) in [5, 5.41) is 19.7. The molecule has 0 aliphatic heterocycles. The minimum Gasteiger partial charge on any atom is -0.408 e. The van der Waals surface area contributed by atoms with Crippen molar-refractivity contribution in [3.05, 3.63) is 47.9 Å². The lowest BCUT2D eigenvalue weighted by Gasteiger charge is -2.17. The second-order valence-corrected chi connectivity index (χ2v) is 6.40. The van der Waals surface area contributed by atoms with E-state index in [0.717, 1.165) is 30.0 Å². The first-order valence-electron chi connectivity index (χ1n) is 8.72. The third-order valence-electron chi connectivity index (χ3n) is 4.47. The monoisotopic (exact) mass is 339 g/mol. The molecule has 8 heteroatoms. The number of nitrogens with one attached hydrogen (secondary N) is 1. The molecule has 0 unspecified atom stereocenters. The van der Waals surface area contributed by atoms with Gasteiger partial charge < -0.3 is 9.73 Å². The standard InChI is InChI=1S/C17H21N7O/c1-2-6-14(7-3-1)16-21-22-17(25-16)19-10-15-12-24(23-20-15)11-13-5-4-8-18-9-13/h4-5,8-9,12,14H,1-3,6-7,10-11H2,(H,19,22).